The first-order valence-corrected chi connectivity index (χ1v) is 9.57. The maximum Gasteiger partial charge on any atom is 0.404 e. The standard InChI is InChI=1S/C19H25N3O3S/c1-22(2)12-19(8-3-9-19)13-25-15-6-4-14(5-7-15)17-20-10-16(26-17)11-21-18(23)24/h4-7,10,21H,3,8-9,11-13H2,1-2H3,(H,23,24). The number of rotatable bonds is 8. The Morgan fingerprint density at radius 1 is 1.35 bits per heavy atom. The molecule has 0 aliphatic heterocycles. The molecule has 1 aromatic heterocycles. The van der Waals surface area contributed by atoms with E-state index in [0.717, 1.165) is 34.3 Å². The highest BCUT2D eigenvalue weighted by atomic mass is 32.1. The lowest BCUT2D eigenvalue weighted by Crippen LogP contribution is -2.44. The first-order valence-electron chi connectivity index (χ1n) is 8.75. The minimum atomic E-state index is -1.03. The summed E-state index contributed by atoms with van der Waals surface area (Å²) in [6.07, 6.45) is 4.44. The van der Waals surface area contributed by atoms with Crippen molar-refractivity contribution in [2.75, 3.05) is 27.2 Å². The van der Waals surface area contributed by atoms with Crippen molar-refractivity contribution in [3.8, 4) is 16.3 Å². The van der Waals surface area contributed by atoms with Crippen LogP contribution in [0.25, 0.3) is 10.6 Å². The van der Waals surface area contributed by atoms with E-state index in [0.29, 0.717) is 5.41 Å². The van der Waals surface area contributed by atoms with Gasteiger partial charge in [0.15, 0.2) is 0 Å². The first kappa shape index (κ1) is 18.7. The van der Waals surface area contributed by atoms with Gasteiger partial charge in [-0.1, -0.05) is 6.42 Å². The highest BCUT2D eigenvalue weighted by Crippen LogP contribution is 2.41. The summed E-state index contributed by atoms with van der Waals surface area (Å²) in [4.78, 5) is 18.1. The van der Waals surface area contributed by atoms with E-state index in [1.54, 1.807) is 6.20 Å². The monoisotopic (exact) mass is 375 g/mol. The molecular formula is C19H25N3O3S. The lowest BCUT2D eigenvalue weighted by Gasteiger charge is -2.43. The van der Waals surface area contributed by atoms with E-state index in [4.69, 9.17) is 9.84 Å². The summed E-state index contributed by atoms with van der Waals surface area (Å²) < 4.78 is 6.06. The Morgan fingerprint density at radius 3 is 2.65 bits per heavy atom. The molecule has 1 amide bonds. The highest BCUT2D eigenvalue weighted by Gasteiger charge is 2.38. The van der Waals surface area contributed by atoms with Crippen LogP contribution in [0.1, 0.15) is 24.1 Å². The van der Waals surface area contributed by atoms with E-state index < -0.39 is 6.09 Å². The molecule has 26 heavy (non-hydrogen) atoms. The summed E-state index contributed by atoms with van der Waals surface area (Å²) >= 11 is 1.49. The van der Waals surface area contributed by atoms with Gasteiger partial charge in [0.05, 0.1) is 13.2 Å². The second-order valence-electron chi connectivity index (χ2n) is 7.19. The summed E-state index contributed by atoms with van der Waals surface area (Å²) in [5.74, 6) is 0.878. The molecule has 0 atom stereocenters. The van der Waals surface area contributed by atoms with Crippen LogP contribution >= 0.6 is 11.3 Å². The number of aromatic nitrogens is 1. The number of nitrogens with zero attached hydrogens (tertiary/aromatic N) is 2. The van der Waals surface area contributed by atoms with Crippen molar-refractivity contribution in [1.29, 1.82) is 0 Å². The number of thiazole rings is 1. The van der Waals surface area contributed by atoms with Crippen molar-refractivity contribution in [3.05, 3.63) is 35.3 Å². The van der Waals surface area contributed by atoms with Gasteiger partial charge >= 0.3 is 6.09 Å². The molecule has 1 aliphatic carbocycles. The van der Waals surface area contributed by atoms with Gasteiger partial charge in [-0.15, -0.1) is 11.3 Å². The summed E-state index contributed by atoms with van der Waals surface area (Å²) in [5, 5.41) is 11.9. The molecule has 0 spiro atoms. The van der Waals surface area contributed by atoms with Gasteiger partial charge < -0.3 is 20.1 Å². The Balaban J connectivity index is 1.57. The number of carboxylic acid groups (broad SMARTS) is 1. The fourth-order valence-electron chi connectivity index (χ4n) is 3.31. The number of amides is 1. The third-order valence-electron chi connectivity index (χ3n) is 4.68. The van der Waals surface area contributed by atoms with Crippen LogP contribution in [0.15, 0.2) is 30.5 Å². The number of hydrogen-bond acceptors (Lipinski definition) is 5. The Bertz CT molecular complexity index is 739. The van der Waals surface area contributed by atoms with Crippen molar-refractivity contribution in [1.82, 2.24) is 15.2 Å². The fraction of sp³-hybridized carbons (Fsp3) is 0.474. The molecule has 140 valence electrons. The maximum absolute atomic E-state index is 10.6. The average Bonchev–Trinajstić information content (AvgIpc) is 3.04. The van der Waals surface area contributed by atoms with Crippen LogP contribution in [0, 0.1) is 5.41 Å². The average molecular weight is 375 g/mol. The SMILES string of the molecule is CN(C)CC1(COc2ccc(-c3ncc(CNC(=O)O)s3)cc2)CCC1. The van der Waals surface area contributed by atoms with Gasteiger partial charge in [-0.05, 0) is 51.2 Å². The summed E-state index contributed by atoms with van der Waals surface area (Å²) in [6, 6.07) is 7.96. The molecule has 2 N–H and O–H groups in total. The predicted octanol–water partition coefficient (Wildman–Crippen LogP) is 3.69. The van der Waals surface area contributed by atoms with Crippen molar-refractivity contribution in [3.63, 3.8) is 0 Å². The molecule has 1 fully saturated rings. The minimum absolute atomic E-state index is 0.280. The van der Waals surface area contributed by atoms with Gasteiger partial charge in [0.1, 0.15) is 10.8 Å². The molecule has 0 unspecified atom stereocenters. The first-order chi connectivity index (χ1) is 12.5. The Labute approximate surface area is 157 Å². The van der Waals surface area contributed by atoms with Gasteiger partial charge in [0.2, 0.25) is 0 Å². The maximum atomic E-state index is 10.6. The third kappa shape index (κ3) is 4.74. The van der Waals surface area contributed by atoms with E-state index in [9.17, 15) is 4.79 Å². The van der Waals surface area contributed by atoms with Gasteiger partial charge in [-0.25, -0.2) is 9.78 Å². The van der Waals surface area contributed by atoms with Crippen molar-refractivity contribution >= 4 is 17.4 Å². The van der Waals surface area contributed by atoms with Crippen LogP contribution in [-0.4, -0.2) is 48.3 Å². The molecule has 1 saturated carbocycles. The predicted molar refractivity (Wildman–Crippen MR) is 103 cm³/mol. The van der Waals surface area contributed by atoms with Crippen LogP contribution in [0.5, 0.6) is 5.75 Å². The lowest BCUT2D eigenvalue weighted by molar-refractivity contribution is 0.0315. The lowest BCUT2D eigenvalue weighted by atomic mass is 9.69. The fourth-order valence-corrected chi connectivity index (χ4v) is 4.17. The second kappa shape index (κ2) is 8.05. The highest BCUT2D eigenvalue weighted by molar-refractivity contribution is 7.15. The number of hydrogen-bond donors (Lipinski definition) is 2. The zero-order chi connectivity index (χ0) is 18.6. The van der Waals surface area contributed by atoms with Crippen LogP contribution in [-0.2, 0) is 6.54 Å². The Morgan fingerprint density at radius 2 is 2.08 bits per heavy atom. The van der Waals surface area contributed by atoms with E-state index in [1.807, 2.05) is 24.3 Å². The van der Waals surface area contributed by atoms with Crippen molar-refractivity contribution in [2.24, 2.45) is 5.41 Å². The summed E-state index contributed by atoms with van der Waals surface area (Å²) in [5.41, 5.74) is 1.30. The summed E-state index contributed by atoms with van der Waals surface area (Å²) in [7, 11) is 4.23. The van der Waals surface area contributed by atoms with Crippen LogP contribution in [0.2, 0.25) is 0 Å². The van der Waals surface area contributed by atoms with Crippen LogP contribution in [0.3, 0.4) is 0 Å². The third-order valence-corrected chi connectivity index (χ3v) is 5.73. The van der Waals surface area contributed by atoms with Gasteiger partial charge in [0, 0.05) is 28.6 Å². The Hall–Kier alpha value is -2.12. The number of benzene rings is 1. The van der Waals surface area contributed by atoms with E-state index in [2.05, 4.69) is 29.3 Å². The molecule has 2 aromatic rings. The van der Waals surface area contributed by atoms with Crippen molar-refractivity contribution in [2.45, 2.75) is 25.8 Å². The minimum Gasteiger partial charge on any atom is -0.493 e. The smallest absolute Gasteiger partial charge is 0.404 e. The van der Waals surface area contributed by atoms with E-state index in [-0.39, 0.29) is 6.54 Å². The van der Waals surface area contributed by atoms with Gasteiger partial charge in [0.25, 0.3) is 0 Å². The van der Waals surface area contributed by atoms with Crippen LogP contribution in [0.4, 0.5) is 4.79 Å². The molecule has 6 nitrogen and oxygen atoms in total. The van der Waals surface area contributed by atoms with E-state index in [1.165, 1.54) is 30.6 Å². The topological polar surface area (TPSA) is 74.7 Å². The largest absolute Gasteiger partial charge is 0.493 e. The Kier molecular flexibility index (Phi) is 5.78. The molecule has 7 heteroatoms. The van der Waals surface area contributed by atoms with Crippen LogP contribution < -0.4 is 10.1 Å². The molecule has 0 bridgehead atoms. The molecule has 1 aromatic carbocycles. The molecule has 1 aliphatic rings. The quantitative estimate of drug-likeness (QED) is 0.736. The number of nitrogens with one attached hydrogen (secondary N) is 1. The molecule has 0 radical (unpaired) electrons. The number of ether oxygens (including phenoxy) is 1. The molecular weight excluding hydrogens is 350 g/mol. The molecule has 3 rings (SSSR count). The van der Waals surface area contributed by atoms with Crippen molar-refractivity contribution < 1.29 is 14.6 Å². The summed E-state index contributed by atoms with van der Waals surface area (Å²) in [6.45, 7) is 2.10. The molecule has 0 saturated heterocycles. The molecule has 1 heterocycles. The normalized spacial score (nSPS) is 15.5. The van der Waals surface area contributed by atoms with Gasteiger partial charge in [-0.2, -0.15) is 0 Å². The zero-order valence-corrected chi connectivity index (χ0v) is 16.0. The van der Waals surface area contributed by atoms with Gasteiger partial charge in [-0.3, -0.25) is 0 Å². The number of carbonyl (C=O) groups is 1. The zero-order valence-electron chi connectivity index (χ0n) is 15.2. The second-order valence-corrected chi connectivity index (χ2v) is 8.31. The van der Waals surface area contributed by atoms with E-state index >= 15 is 0 Å².